The van der Waals surface area contributed by atoms with Gasteiger partial charge in [-0.3, -0.25) is 0 Å². The number of halogens is 3. The normalized spacial score (nSPS) is 22.6. The lowest BCUT2D eigenvalue weighted by Gasteiger charge is -2.36. The van der Waals surface area contributed by atoms with Gasteiger partial charge in [0.15, 0.2) is 6.61 Å². The molecule has 0 aliphatic heterocycles. The molecule has 1 saturated carbocycles. The summed E-state index contributed by atoms with van der Waals surface area (Å²) < 4.78 is 50.6. The standard InChI is InChI=1S/C20H25F3O5/c1-12(2)16-9-4-13(3)10-17(16)27-18(24)11-26-19(25)14-5-7-15(8-6-14)28-20(21,22)23/h5-8,12-13,16-17H,4,9-11H2,1-3H3/t13-,16+,17+/m1/s1. The van der Waals surface area contributed by atoms with E-state index in [0.29, 0.717) is 11.8 Å². The fourth-order valence-corrected chi connectivity index (χ4v) is 3.45. The van der Waals surface area contributed by atoms with Gasteiger partial charge in [-0.2, -0.15) is 0 Å². The summed E-state index contributed by atoms with van der Waals surface area (Å²) in [5, 5.41) is 0. The van der Waals surface area contributed by atoms with Gasteiger partial charge in [0, 0.05) is 0 Å². The summed E-state index contributed by atoms with van der Waals surface area (Å²) in [5.74, 6) is -0.784. The van der Waals surface area contributed by atoms with Gasteiger partial charge in [-0.25, -0.2) is 9.59 Å². The number of benzene rings is 1. The zero-order chi connectivity index (χ0) is 20.9. The predicted octanol–water partition coefficient (Wildman–Crippen LogP) is 4.75. The Balaban J connectivity index is 1.85. The molecule has 1 aliphatic carbocycles. The molecule has 0 saturated heterocycles. The molecule has 2 rings (SSSR count). The molecule has 28 heavy (non-hydrogen) atoms. The monoisotopic (exact) mass is 402 g/mol. The Labute approximate surface area is 162 Å². The van der Waals surface area contributed by atoms with E-state index in [1.807, 2.05) is 0 Å². The summed E-state index contributed by atoms with van der Waals surface area (Å²) in [4.78, 5) is 24.1. The van der Waals surface area contributed by atoms with Gasteiger partial charge < -0.3 is 14.2 Å². The zero-order valence-corrected chi connectivity index (χ0v) is 16.1. The van der Waals surface area contributed by atoms with Crippen molar-refractivity contribution in [2.24, 2.45) is 17.8 Å². The van der Waals surface area contributed by atoms with Gasteiger partial charge in [0.2, 0.25) is 0 Å². The van der Waals surface area contributed by atoms with Crippen molar-refractivity contribution in [3.05, 3.63) is 29.8 Å². The number of hydrogen-bond donors (Lipinski definition) is 0. The molecule has 156 valence electrons. The minimum absolute atomic E-state index is 0.00803. The summed E-state index contributed by atoms with van der Waals surface area (Å²) in [6.07, 6.45) is -2.14. The molecule has 0 N–H and O–H groups in total. The Morgan fingerprint density at radius 1 is 1.14 bits per heavy atom. The molecular formula is C20H25F3O5. The van der Waals surface area contributed by atoms with Crippen molar-refractivity contribution in [1.29, 1.82) is 0 Å². The van der Waals surface area contributed by atoms with Crippen molar-refractivity contribution in [2.75, 3.05) is 6.61 Å². The first-order chi connectivity index (χ1) is 13.0. The van der Waals surface area contributed by atoms with Gasteiger partial charge in [-0.05, 0) is 54.9 Å². The number of carbonyl (C=O) groups excluding carboxylic acids is 2. The molecule has 1 aromatic carbocycles. The average molecular weight is 402 g/mol. The smallest absolute Gasteiger partial charge is 0.460 e. The maximum absolute atomic E-state index is 12.1. The van der Waals surface area contributed by atoms with Crippen LogP contribution in [0.15, 0.2) is 24.3 Å². The Kier molecular flexibility index (Phi) is 7.32. The first-order valence-corrected chi connectivity index (χ1v) is 9.27. The molecule has 1 fully saturated rings. The van der Waals surface area contributed by atoms with E-state index < -0.39 is 30.7 Å². The Bertz CT molecular complexity index is 669. The minimum Gasteiger partial charge on any atom is -0.460 e. The van der Waals surface area contributed by atoms with Crippen LogP contribution in [0.5, 0.6) is 5.75 Å². The summed E-state index contributed by atoms with van der Waals surface area (Å²) in [6.45, 7) is 5.75. The van der Waals surface area contributed by atoms with Gasteiger partial charge in [0.05, 0.1) is 5.56 Å². The molecule has 0 amide bonds. The van der Waals surface area contributed by atoms with E-state index in [1.54, 1.807) is 0 Å². The lowest BCUT2D eigenvalue weighted by Crippen LogP contribution is -2.36. The van der Waals surface area contributed by atoms with Crippen LogP contribution in [0, 0.1) is 17.8 Å². The molecule has 0 radical (unpaired) electrons. The van der Waals surface area contributed by atoms with E-state index in [4.69, 9.17) is 9.47 Å². The van der Waals surface area contributed by atoms with Crippen LogP contribution in [-0.4, -0.2) is 31.0 Å². The highest BCUT2D eigenvalue weighted by molar-refractivity contribution is 5.90. The molecule has 0 unspecified atom stereocenters. The quantitative estimate of drug-likeness (QED) is 0.643. The topological polar surface area (TPSA) is 61.8 Å². The number of rotatable bonds is 6. The SMILES string of the molecule is CC(C)[C@@H]1CC[C@@H](C)C[C@@H]1OC(=O)COC(=O)c1ccc(OC(F)(F)F)cc1. The fraction of sp³-hybridized carbons (Fsp3) is 0.600. The second-order valence-corrected chi connectivity index (χ2v) is 7.50. The summed E-state index contributed by atoms with van der Waals surface area (Å²) in [6, 6.07) is 4.26. The number of ether oxygens (including phenoxy) is 3. The summed E-state index contributed by atoms with van der Waals surface area (Å²) in [7, 11) is 0. The van der Waals surface area contributed by atoms with Crippen molar-refractivity contribution < 1.29 is 37.0 Å². The van der Waals surface area contributed by atoms with Crippen molar-refractivity contribution >= 4 is 11.9 Å². The Morgan fingerprint density at radius 3 is 2.36 bits per heavy atom. The maximum Gasteiger partial charge on any atom is 0.573 e. The van der Waals surface area contributed by atoms with Gasteiger partial charge in [0.25, 0.3) is 0 Å². The molecule has 1 aliphatic rings. The second kappa shape index (κ2) is 9.30. The van der Waals surface area contributed by atoms with Crippen LogP contribution < -0.4 is 4.74 Å². The van der Waals surface area contributed by atoms with Crippen LogP contribution in [0.1, 0.15) is 50.4 Å². The highest BCUT2D eigenvalue weighted by Crippen LogP contribution is 2.35. The minimum atomic E-state index is -4.81. The van der Waals surface area contributed by atoms with Crippen molar-refractivity contribution in [2.45, 2.75) is 52.5 Å². The lowest BCUT2D eigenvalue weighted by atomic mass is 9.75. The highest BCUT2D eigenvalue weighted by Gasteiger charge is 2.33. The number of alkyl halides is 3. The number of hydrogen-bond acceptors (Lipinski definition) is 5. The average Bonchev–Trinajstić information content (AvgIpc) is 2.58. The third-order valence-corrected chi connectivity index (χ3v) is 4.89. The first kappa shape index (κ1) is 22.0. The molecule has 0 bridgehead atoms. The lowest BCUT2D eigenvalue weighted by molar-refractivity contribution is -0.274. The van der Waals surface area contributed by atoms with E-state index in [1.165, 1.54) is 0 Å². The highest BCUT2D eigenvalue weighted by atomic mass is 19.4. The number of carbonyl (C=O) groups is 2. The van der Waals surface area contributed by atoms with E-state index in [2.05, 4.69) is 25.5 Å². The number of esters is 2. The van der Waals surface area contributed by atoms with E-state index in [0.717, 1.165) is 43.5 Å². The van der Waals surface area contributed by atoms with Crippen LogP contribution >= 0.6 is 0 Å². The molecular weight excluding hydrogens is 377 g/mol. The largest absolute Gasteiger partial charge is 0.573 e. The molecule has 5 nitrogen and oxygen atoms in total. The maximum atomic E-state index is 12.1. The summed E-state index contributed by atoms with van der Waals surface area (Å²) >= 11 is 0. The van der Waals surface area contributed by atoms with Crippen molar-refractivity contribution in [1.82, 2.24) is 0 Å². The van der Waals surface area contributed by atoms with Crippen LogP contribution in [0.3, 0.4) is 0 Å². The van der Waals surface area contributed by atoms with Gasteiger partial charge in [-0.15, -0.1) is 13.2 Å². The van der Waals surface area contributed by atoms with Gasteiger partial charge >= 0.3 is 18.3 Å². The van der Waals surface area contributed by atoms with Crippen LogP contribution in [0.4, 0.5) is 13.2 Å². The van der Waals surface area contributed by atoms with Gasteiger partial charge in [0.1, 0.15) is 11.9 Å². The molecule has 0 aromatic heterocycles. The third-order valence-electron chi connectivity index (χ3n) is 4.89. The van der Waals surface area contributed by atoms with Crippen LogP contribution in [0.2, 0.25) is 0 Å². The summed E-state index contributed by atoms with van der Waals surface area (Å²) in [5.41, 5.74) is 0.00803. The predicted molar refractivity (Wildman–Crippen MR) is 94.6 cm³/mol. The Hall–Kier alpha value is -2.25. The van der Waals surface area contributed by atoms with Crippen LogP contribution in [0.25, 0.3) is 0 Å². The zero-order valence-electron chi connectivity index (χ0n) is 16.1. The first-order valence-electron chi connectivity index (χ1n) is 9.27. The molecule has 0 spiro atoms. The van der Waals surface area contributed by atoms with E-state index >= 15 is 0 Å². The molecule has 0 heterocycles. The molecule has 8 heteroatoms. The van der Waals surface area contributed by atoms with Gasteiger partial charge in [-0.1, -0.05) is 27.2 Å². The third kappa shape index (κ3) is 6.73. The van der Waals surface area contributed by atoms with E-state index in [9.17, 15) is 22.8 Å². The van der Waals surface area contributed by atoms with Crippen molar-refractivity contribution in [3.8, 4) is 5.75 Å². The molecule has 1 aromatic rings. The van der Waals surface area contributed by atoms with Crippen molar-refractivity contribution in [3.63, 3.8) is 0 Å². The van der Waals surface area contributed by atoms with E-state index in [-0.39, 0.29) is 17.6 Å². The Morgan fingerprint density at radius 2 is 1.79 bits per heavy atom. The molecule has 3 atom stereocenters. The van der Waals surface area contributed by atoms with Crippen LogP contribution in [-0.2, 0) is 14.3 Å². The second-order valence-electron chi connectivity index (χ2n) is 7.50. The fourth-order valence-electron chi connectivity index (χ4n) is 3.45.